The van der Waals surface area contributed by atoms with Crippen LogP contribution < -0.4 is 4.90 Å². The minimum absolute atomic E-state index is 0.00210. The van der Waals surface area contributed by atoms with E-state index in [1.165, 1.54) is 18.9 Å². The quantitative estimate of drug-likeness (QED) is 0.847. The van der Waals surface area contributed by atoms with Crippen LogP contribution in [0.25, 0.3) is 0 Å². The second-order valence-corrected chi connectivity index (χ2v) is 8.34. The van der Waals surface area contributed by atoms with E-state index in [1.54, 1.807) is 11.0 Å². The maximum atomic E-state index is 14.5. The zero-order chi connectivity index (χ0) is 17.2. The first kappa shape index (κ1) is 15.4. The van der Waals surface area contributed by atoms with Crippen molar-refractivity contribution in [3.05, 3.63) is 29.6 Å². The summed E-state index contributed by atoms with van der Waals surface area (Å²) < 4.78 is 14.5. The van der Waals surface area contributed by atoms with Crippen LogP contribution in [0.5, 0.6) is 0 Å². The number of fused-ring (bicyclic) bond motifs is 2. The number of anilines is 1. The molecule has 2 saturated carbocycles. The highest BCUT2D eigenvalue weighted by molar-refractivity contribution is 6.01. The molecule has 3 fully saturated rings. The van der Waals surface area contributed by atoms with Crippen LogP contribution >= 0.6 is 0 Å². The fraction of sp³-hybridized carbons (Fsp3) is 0.600. The van der Waals surface area contributed by atoms with E-state index >= 15 is 0 Å². The van der Waals surface area contributed by atoms with Crippen LogP contribution in [0, 0.1) is 17.7 Å². The summed E-state index contributed by atoms with van der Waals surface area (Å²) in [6.07, 6.45) is 5.68. The summed E-state index contributed by atoms with van der Waals surface area (Å²) in [5.41, 5.74) is 1.28. The third-order valence-corrected chi connectivity index (χ3v) is 6.59. The molecule has 1 aromatic rings. The van der Waals surface area contributed by atoms with Crippen molar-refractivity contribution in [1.29, 1.82) is 0 Å². The largest absolute Gasteiger partial charge is 0.342 e. The van der Waals surface area contributed by atoms with Gasteiger partial charge >= 0.3 is 0 Å². The van der Waals surface area contributed by atoms with Gasteiger partial charge in [0.05, 0.1) is 11.6 Å². The molecule has 0 radical (unpaired) electrons. The van der Waals surface area contributed by atoms with Crippen LogP contribution in [0.4, 0.5) is 10.1 Å². The van der Waals surface area contributed by atoms with E-state index in [2.05, 4.69) is 0 Å². The van der Waals surface area contributed by atoms with Gasteiger partial charge in [0.1, 0.15) is 5.82 Å². The molecular formula is C20H23FN2O2. The highest BCUT2D eigenvalue weighted by atomic mass is 19.1. The van der Waals surface area contributed by atoms with Gasteiger partial charge in [0.2, 0.25) is 11.8 Å². The first-order valence-electron chi connectivity index (χ1n) is 9.45. The third-order valence-electron chi connectivity index (χ3n) is 6.59. The van der Waals surface area contributed by atoms with Crippen LogP contribution in [0.3, 0.4) is 0 Å². The molecule has 0 aromatic heterocycles. The molecule has 1 atom stereocenters. The van der Waals surface area contributed by atoms with E-state index in [9.17, 15) is 14.0 Å². The van der Waals surface area contributed by atoms with Crippen molar-refractivity contribution in [2.24, 2.45) is 11.8 Å². The number of carbonyl (C=O) groups is 2. The van der Waals surface area contributed by atoms with E-state index in [0.29, 0.717) is 25.4 Å². The molecule has 1 spiro atoms. The third kappa shape index (κ3) is 2.31. The number of amides is 2. The number of rotatable bonds is 3. The van der Waals surface area contributed by atoms with Gasteiger partial charge in [0.25, 0.3) is 0 Å². The minimum atomic E-state index is -0.280. The van der Waals surface area contributed by atoms with Crippen LogP contribution in [0.1, 0.15) is 44.1 Å². The number of benzene rings is 1. The molecule has 2 amide bonds. The lowest BCUT2D eigenvalue weighted by atomic mass is 9.65. The van der Waals surface area contributed by atoms with Crippen molar-refractivity contribution in [1.82, 2.24) is 4.90 Å². The number of likely N-dealkylation sites (tertiary alicyclic amines) is 1. The fourth-order valence-electron chi connectivity index (χ4n) is 4.88. The summed E-state index contributed by atoms with van der Waals surface area (Å²) in [5, 5.41) is 0. The predicted octanol–water partition coefficient (Wildman–Crippen LogP) is 2.85. The van der Waals surface area contributed by atoms with Gasteiger partial charge in [-0.25, -0.2) is 4.39 Å². The van der Waals surface area contributed by atoms with Crippen LogP contribution in [0.2, 0.25) is 0 Å². The minimum Gasteiger partial charge on any atom is -0.342 e. The number of halogens is 1. The predicted molar refractivity (Wildman–Crippen MR) is 91.7 cm³/mol. The van der Waals surface area contributed by atoms with Crippen molar-refractivity contribution < 1.29 is 14.0 Å². The van der Waals surface area contributed by atoms with Crippen molar-refractivity contribution in [2.45, 2.75) is 43.9 Å². The second kappa shape index (κ2) is 5.29. The van der Waals surface area contributed by atoms with Crippen LogP contribution in [-0.2, 0) is 15.0 Å². The van der Waals surface area contributed by atoms with Gasteiger partial charge in [0, 0.05) is 37.0 Å². The Morgan fingerprint density at radius 2 is 2.08 bits per heavy atom. The fourth-order valence-corrected chi connectivity index (χ4v) is 4.88. The lowest BCUT2D eigenvalue weighted by Crippen LogP contribution is -2.44. The molecule has 1 aromatic carbocycles. The SMILES string of the molecule is O=C1CC(C(=O)N2CC3(CCC3)c3c(F)cccc32)CN1CC1CC1. The molecule has 4 aliphatic rings. The van der Waals surface area contributed by atoms with Crippen molar-refractivity contribution in [3.63, 3.8) is 0 Å². The van der Waals surface area contributed by atoms with E-state index < -0.39 is 0 Å². The Hall–Kier alpha value is -1.91. The maximum absolute atomic E-state index is 14.5. The normalized spacial score (nSPS) is 26.9. The molecule has 0 bridgehead atoms. The molecule has 1 saturated heterocycles. The molecule has 1 unspecified atom stereocenters. The smallest absolute Gasteiger partial charge is 0.232 e. The molecular weight excluding hydrogens is 319 g/mol. The average molecular weight is 342 g/mol. The Labute approximate surface area is 147 Å². The van der Waals surface area contributed by atoms with Crippen molar-refractivity contribution >= 4 is 17.5 Å². The van der Waals surface area contributed by atoms with Crippen molar-refractivity contribution in [3.8, 4) is 0 Å². The summed E-state index contributed by atoms with van der Waals surface area (Å²) in [6.45, 7) is 1.91. The zero-order valence-electron chi connectivity index (χ0n) is 14.3. The standard InChI is InChI=1S/C20H23FN2O2/c21-15-3-1-4-16-18(15)20(7-2-8-20)12-23(16)19(25)14-9-17(24)22(11-14)10-13-5-6-13/h1,3-4,13-14H,2,5-12H2. The molecule has 2 heterocycles. The first-order chi connectivity index (χ1) is 12.1. The summed E-state index contributed by atoms with van der Waals surface area (Å²) in [5.74, 6) is 0.269. The molecule has 0 N–H and O–H groups in total. The monoisotopic (exact) mass is 342 g/mol. The molecule has 2 aliphatic heterocycles. The highest BCUT2D eigenvalue weighted by Crippen LogP contribution is 2.53. The van der Waals surface area contributed by atoms with Gasteiger partial charge in [0.15, 0.2) is 0 Å². The Morgan fingerprint density at radius 1 is 1.28 bits per heavy atom. The lowest BCUT2D eigenvalue weighted by Gasteiger charge is -2.39. The second-order valence-electron chi connectivity index (χ2n) is 8.34. The highest BCUT2D eigenvalue weighted by Gasteiger charge is 2.51. The van der Waals surface area contributed by atoms with Gasteiger partial charge in [-0.1, -0.05) is 12.5 Å². The van der Waals surface area contributed by atoms with E-state index in [0.717, 1.165) is 37.1 Å². The zero-order valence-corrected chi connectivity index (χ0v) is 14.3. The topological polar surface area (TPSA) is 40.6 Å². The molecule has 4 nitrogen and oxygen atoms in total. The molecule has 25 heavy (non-hydrogen) atoms. The number of nitrogens with zero attached hydrogens (tertiary/aromatic N) is 2. The summed E-state index contributed by atoms with van der Waals surface area (Å²) >= 11 is 0. The van der Waals surface area contributed by atoms with Gasteiger partial charge in [-0.15, -0.1) is 0 Å². The Bertz CT molecular complexity index is 754. The van der Waals surface area contributed by atoms with E-state index in [1.807, 2.05) is 11.0 Å². The first-order valence-corrected chi connectivity index (χ1v) is 9.45. The van der Waals surface area contributed by atoms with Crippen LogP contribution in [-0.4, -0.2) is 36.3 Å². The lowest BCUT2D eigenvalue weighted by molar-refractivity contribution is -0.128. The molecule has 2 aliphatic carbocycles. The van der Waals surface area contributed by atoms with Crippen molar-refractivity contribution in [2.75, 3.05) is 24.5 Å². The summed E-state index contributed by atoms with van der Waals surface area (Å²) in [7, 11) is 0. The van der Waals surface area contributed by atoms with Gasteiger partial charge in [-0.05, 0) is 43.7 Å². The van der Waals surface area contributed by atoms with Gasteiger partial charge in [-0.3, -0.25) is 9.59 Å². The van der Waals surface area contributed by atoms with Gasteiger partial charge < -0.3 is 9.80 Å². The number of carbonyl (C=O) groups excluding carboxylic acids is 2. The Morgan fingerprint density at radius 3 is 2.76 bits per heavy atom. The molecule has 5 rings (SSSR count). The number of hydrogen-bond donors (Lipinski definition) is 0. The molecule has 5 heteroatoms. The maximum Gasteiger partial charge on any atom is 0.232 e. The Balaban J connectivity index is 1.40. The summed E-state index contributed by atoms with van der Waals surface area (Å²) in [4.78, 5) is 29.1. The van der Waals surface area contributed by atoms with E-state index in [4.69, 9.17) is 0 Å². The van der Waals surface area contributed by atoms with Gasteiger partial charge in [-0.2, -0.15) is 0 Å². The number of hydrogen-bond acceptors (Lipinski definition) is 2. The average Bonchev–Trinajstić information content (AvgIpc) is 3.18. The van der Waals surface area contributed by atoms with E-state index in [-0.39, 0.29) is 29.0 Å². The summed E-state index contributed by atoms with van der Waals surface area (Å²) in [6, 6.07) is 5.05. The molecule has 132 valence electrons. The van der Waals surface area contributed by atoms with Crippen LogP contribution in [0.15, 0.2) is 18.2 Å². The Kier molecular flexibility index (Phi) is 3.25.